The standard InChI is InChI=1S/C19H32N6O2/c1-3-27-13-5-10-23-19(21-2)24-14-16-6-4-9-22-18(16)25-11-7-15(8-12-25)17(20)26/h4,6,9,15H,3,5,7-8,10-14H2,1-2H3,(H2,20,26)(H2,21,23,24). The number of pyridine rings is 1. The minimum Gasteiger partial charge on any atom is -0.382 e. The lowest BCUT2D eigenvalue weighted by atomic mass is 9.96. The van der Waals surface area contributed by atoms with E-state index in [1.165, 1.54) is 0 Å². The highest BCUT2D eigenvalue weighted by Crippen LogP contribution is 2.24. The molecule has 8 nitrogen and oxygen atoms in total. The molecule has 2 heterocycles. The van der Waals surface area contributed by atoms with Crippen LogP contribution in [0.2, 0.25) is 0 Å². The quantitative estimate of drug-likeness (QED) is 0.336. The van der Waals surface area contributed by atoms with Crippen molar-refractivity contribution >= 4 is 17.7 Å². The van der Waals surface area contributed by atoms with Gasteiger partial charge in [0.2, 0.25) is 5.91 Å². The zero-order chi connectivity index (χ0) is 19.5. The molecular weight excluding hydrogens is 344 g/mol. The van der Waals surface area contributed by atoms with Gasteiger partial charge >= 0.3 is 0 Å². The molecule has 150 valence electrons. The first-order valence-electron chi connectivity index (χ1n) is 9.66. The van der Waals surface area contributed by atoms with Crippen LogP contribution in [0.25, 0.3) is 0 Å². The van der Waals surface area contributed by atoms with Crippen LogP contribution in [0, 0.1) is 5.92 Å². The highest BCUT2D eigenvalue weighted by Gasteiger charge is 2.24. The van der Waals surface area contributed by atoms with Crippen LogP contribution in [0.15, 0.2) is 23.3 Å². The molecule has 1 aromatic heterocycles. The molecule has 1 aliphatic rings. The molecule has 1 saturated heterocycles. The number of rotatable bonds is 9. The Labute approximate surface area is 161 Å². The lowest BCUT2D eigenvalue weighted by molar-refractivity contribution is -0.122. The van der Waals surface area contributed by atoms with E-state index in [1.807, 2.05) is 13.0 Å². The van der Waals surface area contributed by atoms with E-state index in [0.717, 1.165) is 69.5 Å². The molecule has 1 amide bonds. The number of guanidine groups is 1. The molecular formula is C19H32N6O2. The molecule has 4 N–H and O–H groups in total. The molecule has 0 atom stereocenters. The summed E-state index contributed by atoms with van der Waals surface area (Å²) in [6, 6.07) is 4.01. The Morgan fingerprint density at radius 2 is 2.19 bits per heavy atom. The van der Waals surface area contributed by atoms with Crippen molar-refractivity contribution in [3.05, 3.63) is 23.9 Å². The summed E-state index contributed by atoms with van der Waals surface area (Å²) in [4.78, 5) is 22.4. The predicted molar refractivity (Wildman–Crippen MR) is 108 cm³/mol. The molecule has 8 heteroatoms. The first-order chi connectivity index (χ1) is 13.2. The number of carbonyl (C=O) groups excluding carboxylic acids is 1. The number of ether oxygens (including phenoxy) is 1. The minimum absolute atomic E-state index is 0.0220. The number of nitrogens with one attached hydrogen (secondary N) is 2. The zero-order valence-corrected chi connectivity index (χ0v) is 16.4. The van der Waals surface area contributed by atoms with E-state index in [-0.39, 0.29) is 11.8 Å². The normalized spacial score (nSPS) is 15.6. The third kappa shape index (κ3) is 6.71. The van der Waals surface area contributed by atoms with Crippen LogP contribution >= 0.6 is 0 Å². The summed E-state index contributed by atoms with van der Waals surface area (Å²) in [5.41, 5.74) is 6.54. The maximum absolute atomic E-state index is 11.4. The number of carbonyl (C=O) groups is 1. The molecule has 1 aliphatic heterocycles. The van der Waals surface area contributed by atoms with E-state index in [9.17, 15) is 4.79 Å². The largest absolute Gasteiger partial charge is 0.382 e. The number of aromatic nitrogens is 1. The molecule has 1 aromatic rings. The second kappa shape index (κ2) is 11.4. The summed E-state index contributed by atoms with van der Waals surface area (Å²) in [5, 5.41) is 6.63. The van der Waals surface area contributed by atoms with Crippen molar-refractivity contribution in [3.63, 3.8) is 0 Å². The van der Waals surface area contributed by atoms with E-state index < -0.39 is 0 Å². The third-order valence-electron chi connectivity index (χ3n) is 4.70. The van der Waals surface area contributed by atoms with E-state index in [2.05, 4.69) is 31.6 Å². The van der Waals surface area contributed by atoms with Crippen LogP contribution in [0.1, 0.15) is 31.7 Å². The van der Waals surface area contributed by atoms with Gasteiger partial charge in [0.1, 0.15) is 5.82 Å². The van der Waals surface area contributed by atoms with Gasteiger partial charge in [-0.15, -0.1) is 0 Å². The van der Waals surface area contributed by atoms with Crippen molar-refractivity contribution in [2.75, 3.05) is 44.8 Å². The van der Waals surface area contributed by atoms with Crippen LogP contribution in [-0.4, -0.2) is 56.7 Å². The van der Waals surface area contributed by atoms with Gasteiger partial charge in [0.05, 0.1) is 0 Å². The molecule has 0 aliphatic carbocycles. The van der Waals surface area contributed by atoms with Gasteiger partial charge in [-0.3, -0.25) is 9.79 Å². The Morgan fingerprint density at radius 1 is 1.41 bits per heavy atom. The maximum atomic E-state index is 11.4. The third-order valence-corrected chi connectivity index (χ3v) is 4.70. The van der Waals surface area contributed by atoms with Gasteiger partial charge < -0.3 is 26.0 Å². The lowest BCUT2D eigenvalue weighted by Crippen LogP contribution is -2.40. The molecule has 0 saturated carbocycles. The number of hydrogen-bond donors (Lipinski definition) is 3. The van der Waals surface area contributed by atoms with E-state index in [4.69, 9.17) is 10.5 Å². The average Bonchev–Trinajstić information content (AvgIpc) is 2.70. The summed E-state index contributed by atoms with van der Waals surface area (Å²) >= 11 is 0. The highest BCUT2D eigenvalue weighted by molar-refractivity contribution is 5.79. The summed E-state index contributed by atoms with van der Waals surface area (Å²) in [6.45, 7) is 6.51. The highest BCUT2D eigenvalue weighted by atomic mass is 16.5. The fourth-order valence-electron chi connectivity index (χ4n) is 3.15. The van der Waals surface area contributed by atoms with Crippen LogP contribution in [0.4, 0.5) is 5.82 Å². The summed E-state index contributed by atoms with van der Waals surface area (Å²) < 4.78 is 5.34. The second-order valence-corrected chi connectivity index (χ2v) is 6.55. The molecule has 0 unspecified atom stereocenters. The van der Waals surface area contributed by atoms with E-state index in [1.54, 1.807) is 13.2 Å². The first-order valence-corrected chi connectivity index (χ1v) is 9.66. The van der Waals surface area contributed by atoms with Gasteiger partial charge in [-0.1, -0.05) is 6.07 Å². The van der Waals surface area contributed by atoms with Gasteiger partial charge in [0, 0.05) is 64.1 Å². The Morgan fingerprint density at radius 3 is 2.85 bits per heavy atom. The van der Waals surface area contributed by atoms with E-state index in [0.29, 0.717) is 6.54 Å². The predicted octanol–water partition coefficient (Wildman–Crippen LogP) is 0.875. The van der Waals surface area contributed by atoms with Gasteiger partial charge in [-0.25, -0.2) is 4.98 Å². The number of amides is 1. The Balaban J connectivity index is 1.87. The number of anilines is 1. The molecule has 0 spiro atoms. The smallest absolute Gasteiger partial charge is 0.220 e. The van der Waals surface area contributed by atoms with Crippen LogP contribution in [-0.2, 0) is 16.1 Å². The van der Waals surface area contributed by atoms with Crippen LogP contribution in [0.5, 0.6) is 0 Å². The number of hydrogen-bond acceptors (Lipinski definition) is 5. The summed E-state index contributed by atoms with van der Waals surface area (Å²) in [7, 11) is 1.76. The fourth-order valence-corrected chi connectivity index (χ4v) is 3.15. The molecule has 27 heavy (non-hydrogen) atoms. The number of nitrogens with two attached hydrogens (primary N) is 1. The van der Waals surface area contributed by atoms with Gasteiger partial charge in [0.15, 0.2) is 5.96 Å². The lowest BCUT2D eigenvalue weighted by Gasteiger charge is -2.32. The van der Waals surface area contributed by atoms with Crippen molar-refractivity contribution in [3.8, 4) is 0 Å². The molecule has 0 aromatic carbocycles. The number of nitrogens with zero attached hydrogens (tertiary/aromatic N) is 3. The maximum Gasteiger partial charge on any atom is 0.220 e. The first kappa shape index (κ1) is 21.0. The summed E-state index contributed by atoms with van der Waals surface area (Å²) in [5.74, 6) is 1.50. The fraction of sp³-hybridized carbons (Fsp3) is 0.632. The van der Waals surface area contributed by atoms with Crippen molar-refractivity contribution < 1.29 is 9.53 Å². The van der Waals surface area contributed by atoms with Crippen molar-refractivity contribution in [2.45, 2.75) is 32.7 Å². The van der Waals surface area contributed by atoms with Crippen LogP contribution in [0.3, 0.4) is 0 Å². The summed E-state index contributed by atoms with van der Waals surface area (Å²) in [6.07, 6.45) is 4.30. The molecule has 2 rings (SSSR count). The monoisotopic (exact) mass is 376 g/mol. The average molecular weight is 377 g/mol. The second-order valence-electron chi connectivity index (χ2n) is 6.55. The molecule has 0 bridgehead atoms. The number of aliphatic imine (C=N–C) groups is 1. The topological polar surface area (TPSA) is 105 Å². The van der Waals surface area contributed by atoms with Crippen molar-refractivity contribution in [1.29, 1.82) is 0 Å². The number of piperidine rings is 1. The van der Waals surface area contributed by atoms with Gasteiger partial charge in [-0.2, -0.15) is 0 Å². The minimum atomic E-state index is -0.197. The SMILES string of the molecule is CCOCCCNC(=NC)NCc1cccnc1N1CCC(C(N)=O)CC1. The van der Waals surface area contributed by atoms with Gasteiger partial charge in [-0.05, 0) is 32.3 Å². The van der Waals surface area contributed by atoms with Gasteiger partial charge in [0.25, 0.3) is 0 Å². The molecule has 0 radical (unpaired) electrons. The Hall–Kier alpha value is -2.35. The van der Waals surface area contributed by atoms with Crippen LogP contribution < -0.4 is 21.3 Å². The number of primary amides is 1. The van der Waals surface area contributed by atoms with E-state index >= 15 is 0 Å². The Kier molecular flexibility index (Phi) is 8.83. The zero-order valence-electron chi connectivity index (χ0n) is 16.4. The Bertz CT molecular complexity index is 614. The molecule has 1 fully saturated rings. The van der Waals surface area contributed by atoms with Crippen molar-refractivity contribution in [1.82, 2.24) is 15.6 Å². The van der Waals surface area contributed by atoms with Crippen molar-refractivity contribution in [2.24, 2.45) is 16.6 Å².